The van der Waals surface area contributed by atoms with Crippen molar-refractivity contribution in [2.45, 2.75) is 20.0 Å². The molecule has 0 saturated carbocycles. The number of hydrogen-bond acceptors (Lipinski definition) is 5. The Kier molecular flexibility index (Phi) is 6.70. The molecule has 0 bridgehead atoms. The molecule has 6 nitrogen and oxygen atoms in total. The fourth-order valence-corrected chi connectivity index (χ4v) is 2.18. The summed E-state index contributed by atoms with van der Waals surface area (Å²) in [5, 5.41) is 2.18. The number of esters is 1. The molecule has 0 saturated heterocycles. The molecule has 0 spiro atoms. The number of hydrogen-bond donors (Lipinski definition) is 1. The summed E-state index contributed by atoms with van der Waals surface area (Å²) < 4.78 is 42.4. The molecule has 0 unspecified atom stereocenters. The smallest absolute Gasteiger partial charge is 0.339 e. The highest BCUT2D eigenvalue weighted by Crippen LogP contribution is 2.28. The lowest BCUT2D eigenvalue weighted by atomic mass is 10.2. The monoisotopic (exact) mass is 379 g/mol. The second kappa shape index (κ2) is 8.98. The number of ether oxygens (including phenoxy) is 3. The minimum atomic E-state index is -1.24. The van der Waals surface area contributed by atoms with Crippen LogP contribution in [0.3, 0.4) is 0 Å². The maximum Gasteiger partial charge on any atom is 0.339 e. The minimum Gasteiger partial charge on any atom is -0.493 e. The van der Waals surface area contributed by atoms with Crippen molar-refractivity contribution in [2.24, 2.45) is 0 Å². The Bertz CT molecular complexity index is 841. The molecule has 2 aromatic rings. The maximum atomic E-state index is 13.6. The van der Waals surface area contributed by atoms with Gasteiger partial charge in [-0.15, -0.1) is 0 Å². The number of amides is 1. The second-order valence-electron chi connectivity index (χ2n) is 5.46. The third kappa shape index (κ3) is 5.16. The number of methoxy groups -OCH3 is 1. The number of carbonyl (C=O) groups excluding carboxylic acids is 2. The molecule has 0 fully saturated rings. The van der Waals surface area contributed by atoms with E-state index in [1.54, 1.807) is 6.92 Å². The van der Waals surface area contributed by atoms with Crippen LogP contribution in [-0.4, -0.2) is 31.7 Å². The van der Waals surface area contributed by atoms with Gasteiger partial charge in [-0.25, -0.2) is 13.6 Å². The average Bonchev–Trinajstić information content (AvgIpc) is 2.64. The first-order valence-electron chi connectivity index (χ1n) is 8.13. The highest BCUT2D eigenvalue weighted by atomic mass is 19.1. The standard InChI is InChI=1S/C19H19F2NO5/c1-4-26-17-9-12(5-8-16(17)25-3)19(24)27-11(2)18(23)22-15-10-13(20)6-7-14(15)21/h5-11H,4H2,1-3H3,(H,22,23)/t11-/m1/s1. The molecule has 1 N–H and O–H groups in total. The number of nitrogens with one attached hydrogen (secondary N) is 1. The van der Waals surface area contributed by atoms with Crippen molar-refractivity contribution in [3.05, 3.63) is 53.6 Å². The van der Waals surface area contributed by atoms with Crippen LogP contribution in [0.4, 0.5) is 14.5 Å². The van der Waals surface area contributed by atoms with Crippen molar-refractivity contribution in [3.8, 4) is 11.5 Å². The largest absolute Gasteiger partial charge is 0.493 e. The molecule has 2 aromatic carbocycles. The fourth-order valence-electron chi connectivity index (χ4n) is 2.18. The minimum absolute atomic E-state index is 0.149. The van der Waals surface area contributed by atoms with Gasteiger partial charge in [0.2, 0.25) is 0 Å². The second-order valence-corrected chi connectivity index (χ2v) is 5.46. The number of halogens is 2. The van der Waals surface area contributed by atoms with Gasteiger partial charge < -0.3 is 19.5 Å². The van der Waals surface area contributed by atoms with Crippen molar-refractivity contribution >= 4 is 17.6 Å². The molecule has 0 aliphatic heterocycles. The van der Waals surface area contributed by atoms with E-state index >= 15 is 0 Å². The molecular formula is C19H19F2NO5. The van der Waals surface area contributed by atoms with Crippen LogP contribution in [0, 0.1) is 11.6 Å². The van der Waals surface area contributed by atoms with E-state index in [0.29, 0.717) is 18.1 Å². The molecule has 0 aliphatic rings. The zero-order chi connectivity index (χ0) is 20.0. The van der Waals surface area contributed by atoms with Crippen LogP contribution in [-0.2, 0) is 9.53 Å². The molecule has 27 heavy (non-hydrogen) atoms. The average molecular weight is 379 g/mol. The molecule has 8 heteroatoms. The Labute approximate surface area is 155 Å². The molecule has 2 rings (SSSR count). The summed E-state index contributed by atoms with van der Waals surface area (Å²) >= 11 is 0. The fraction of sp³-hybridized carbons (Fsp3) is 0.263. The van der Waals surface area contributed by atoms with Gasteiger partial charge in [0.25, 0.3) is 5.91 Å². The van der Waals surface area contributed by atoms with E-state index in [9.17, 15) is 18.4 Å². The summed E-state index contributed by atoms with van der Waals surface area (Å²) in [6.07, 6.45) is -1.24. The SMILES string of the molecule is CCOc1cc(C(=O)O[C@H](C)C(=O)Nc2cc(F)ccc2F)ccc1OC. The van der Waals surface area contributed by atoms with Crippen molar-refractivity contribution in [2.75, 3.05) is 19.0 Å². The van der Waals surface area contributed by atoms with Crippen LogP contribution in [0.5, 0.6) is 11.5 Å². The quantitative estimate of drug-likeness (QED) is 0.745. The van der Waals surface area contributed by atoms with Gasteiger partial charge in [0.05, 0.1) is 25.0 Å². The van der Waals surface area contributed by atoms with Crippen LogP contribution in [0.25, 0.3) is 0 Å². The number of benzene rings is 2. The number of carbonyl (C=O) groups is 2. The van der Waals surface area contributed by atoms with Crippen molar-refractivity contribution in [1.29, 1.82) is 0 Å². The van der Waals surface area contributed by atoms with Crippen molar-refractivity contribution < 1.29 is 32.6 Å². The molecule has 0 heterocycles. The molecule has 0 aliphatic carbocycles. The van der Waals surface area contributed by atoms with Gasteiger partial charge in [0.15, 0.2) is 17.6 Å². The first-order chi connectivity index (χ1) is 12.8. The van der Waals surface area contributed by atoms with E-state index in [2.05, 4.69) is 5.32 Å². The predicted octanol–water partition coefficient (Wildman–Crippen LogP) is 3.56. The Morgan fingerprint density at radius 2 is 1.85 bits per heavy atom. The van der Waals surface area contributed by atoms with Gasteiger partial charge in [-0.05, 0) is 44.2 Å². The highest BCUT2D eigenvalue weighted by Gasteiger charge is 2.21. The zero-order valence-electron chi connectivity index (χ0n) is 15.0. The third-order valence-corrected chi connectivity index (χ3v) is 3.54. The molecule has 144 valence electrons. The molecule has 1 atom stereocenters. The number of anilines is 1. The lowest BCUT2D eigenvalue weighted by Gasteiger charge is -2.15. The van der Waals surface area contributed by atoms with Gasteiger partial charge in [-0.2, -0.15) is 0 Å². The summed E-state index contributed by atoms with van der Waals surface area (Å²) in [7, 11) is 1.47. The summed E-state index contributed by atoms with van der Waals surface area (Å²) in [5.41, 5.74) is -0.193. The van der Waals surface area contributed by atoms with Gasteiger partial charge >= 0.3 is 5.97 Å². The topological polar surface area (TPSA) is 73.9 Å². The first kappa shape index (κ1) is 20.2. The zero-order valence-corrected chi connectivity index (χ0v) is 15.0. The Hall–Kier alpha value is -3.16. The lowest BCUT2D eigenvalue weighted by Crippen LogP contribution is -2.30. The van der Waals surface area contributed by atoms with Gasteiger partial charge in [0, 0.05) is 6.07 Å². The summed E-state index contributed by atoms with van der Waals surface area (Å²) in [4.78, 5) is 24.3. The first-order valence-corrected chi connectivity index (χ1v) is 8.13. The predicted molar refractivity (Wildman–Crippen MR) is 94.0 cm³/mol. The van der Waals surface area contributed by atoms with Crippen LogP contribution < -0.4 is 14.8 Å². The van der Waals surface area contributed by atoms with E-state index in [4.69, 9.17) is 14.2 Å². The normalized spacial score (nSPS) is 11.4. The van der Waals surface area contributed by atoms with Gasteiger partial charge in [-0.1, -0.05) is 0 Å². The van der Waals surface area contributed by atoms with E-state index < -0.39 is 29.6 Å². The summed E-state index contributed by atoms with van der Waals surface area (Å²) in [6, 6.07) is 7.07. The highest BCUT2D eigenvalue weighted by molar-refractivity contribution is 5.97. The van der Waals surface area contributed by atoms with Crippen LogP contribution in [0.2, 0.25) is 0 Å². The van der Waals surface area contributed by atoms with E-state index in [-0.39, 0.29) is 11.3 Å². The van der Waals surface area contributed by atoms with Gasteiger partial charge in [-0.3, -0.25) is 4.79 Å². The molecular weight excluding hydrogens is 360 g/mol. The van der Waals surface area contributed by atoms with Crippen LogP contribution >= 0.6 is 0 Å². The molecule has 0 aromatic heterocycles. The van der Waals surface area contributed by atoms with E-state index in [0.717, 1.165) is 18.2 Å². The van der Waals surface area contributed by atoms with Crippen molar-refractivity contribution in [3.63, 3.8) is 0 Å². The number of rotatable bonds is 7. The Morgan fingerprint density at radius 3 is 2.52 bits per heavy atom. The Balaban J connectivity index is 2.07. The summed E-state index contributed by atoms with van der Waals surface area (Å²) in [6.45, 7) is 3.46. The molecule has 0 radical (unpaired) electrons. The van der Waals surface area contributed by atoms with Crippen LogP contribution in [0.15, 0.2) is 36.4 Å². The Morgan fingerprint density at radius 1 is 1.11 bits per heavy atom. The third-order valence-electron chi connectivity index (χ3n) is 3.54. The van der Waals surface area contributed by atoms with Crippen LogP contribution in [0.1, 0.15) is 24.2 Å². The maximum absolute atomic E-state index is 13.6. The lowest BCUT2D eigenvalue weighted by molar-refractivity contribution is -0.123. The van der Waals surface area contributed by atoms with E-state index in [1.165, 1.54) is 32.2 Å². The van der Waals surface area contributed by atoms with E-state index in [1.807, 2.05) is 0 Å². The van der Waals surface area contributed by atoms with Gasteiger partial charge in [0.1, 0.15) is 11.6 Å². The molecule has 1 amide bonds. The summed E-state index contributed by atoms with van der Waals surface area (Å²) in [5.74, 6) is -2.29. The van der Waals surface area contributed by atoms with Crippen molar-refractivity contribution in [1.82, 2.24) is 0 Å².